The Bertz CT molecular complexity index is 271. The molecule has 0 aromatic rings. The predicted octanol–water partition coefficient (Wildman–Crippen LogP) is 1.79. The van der Waals surface area contributed by atoms with Gasteiger partial charge in [-0.2, -0.15) is 0 Å². The summed E-state index contributed by atoms with van der Waals surface area (Å²) >= 11 is 0. The third-order valence-corrected chi connectivity index (χ3v) is 3.70. The molecule has 0 atom stereocenters. The number of methoxy groups -OCH3 is 1. The van der Waals surface area contributed by atoms with Crippen molar-refractivity contribution in [2.45, 2.75) is 0 Å². The molecule has 0 aromatic heterocycles. The molecule has 0 aromatic carbocycles. The first kappa shape index (κ1) is 8.79. The van der Waals surface area contributed by atoms with E-state index in [1.165, 1.54) is 23.0 Å². The maximum atomic E-state index is 11.0. The van der Waals surface area contributed by atoms with Crippen LogP contribution in [0.1, 0.15) is 0 Å². The molecule has 5 nitrogen and oxygen atoms in total. The lowest BCUT2D eigenvalue weighted by Gasteiger charge is -2.16. The highest BCUT2D eigenvalue weighted by Gasteiger charge is 2.42. The van der Waals surface area contributed by atoms with Gasteiger partial charge in [0.1, 0.15) is 0 Å². The fourth-order valence-electron chi connectivity index (χ4n) is 0.780. The maximum Gasteiger partial charge on any atom is 0.418 e. The maximum absolute atomic E-state index is 11.0. The Hall–Kier alpha value is -1.30. The zero-order valence-electron chi connectivity index (χ0n) is 6.30. The Labute approximate surface area is 70.3 Å². The van der Waals surface area contributed by atoms with Crippen molar-refractivity contribution in [2.24, 2.45) is 0 Å². The number of nitro groups is 1. The van der Waals surface area contributed by atoms with Gasteiger partial charge in [-0.25, -0.2) is 4.79 Å². The van der Waals surface area contributed by atoms with E-state index in [9.17, 15) is 14.9 Å². The molecule has 1 aliphatic rings. The molecule has 0 spiro atoms. The summed E-state index contributed by atoms with van der Waals surface area (Å²) in [6.07, 6.45) is 2.96. The summed E-state index contributed by atoms with van der Waals surface area (Å²) in [5, 5.41) is 12.3. The van der Waals surface area contributed by atoms with E-state index in [4.69, 9.17) is 0 Å². The molecule has 66 valence electrons. The Morgan fingerprint density at radius 1 is 1.50 bits per heavy atom. The van der Waals surface area contributed by atoms with Crippen molar-refractivity contribution in [3.05, 3.63) is 33.1 Å². The molecule has 0 saturated carbocycles. The van der Waals surface area contributed by atoms with E-state index in [1.54, 1.807) is 0 Å². The van der Waals surface area contributed by atoms with Gasteiger partial charge in [-0.1, -0.05) is 12.2 Å². The molecule has 0 aliphatic carbocycles. The largest absolute Gasteiger partial charge is 0.458 e. The lowest BCUT2D eigenvalue weighted by molar-refractivity contribution is -0.291. The van der Waals surface area contributed by atoms with Gasteiger partial charge in [-0.3, -0.25) is 10.1 Å². The number of allylic oxidation sites excluding steroid dienone is 2. The van der Waals surface area contributed by atoms with Crippen molar-refractivity contribution in [3.8, 4) is 0 Å². The fourth-order valence-corrected chi connectivity index (χ4v) is 2.34. The van der Waals surface area contributed by atoms with Crippen LogP contribution in [0.15, 0.2) is 23.0 Å². The minimum absolute atomic E-state index is 0.598. The third kappa shape index (κ3) is 1.10. The molecule has 0 radical (unpaired) electrons. The number of hydrogen-bond acceptors (Lipinski definition) is 4. The lowest BCUT2D eigenvalue weighted by atomic mass is 10.6. The Balaban J connectivity index is 3.04. The van der Waals surface area contributed by atoms with Crippen LogP contribution in [0.4, 0.5) is 4.79 Å². The van der Waals surface area contributed by atoms with E-state index in [-0.39, 0.29) is 0 Å². The van der Waals surface area contributed by atoms with E-state index < -0.39 is 19.8 Å². The number of nitrogens with zero attached hydrogens (tertiary/aromatic N) is 1. The minimum atomic E-state index is -2.71. The molecule has 1 aliphatic heterocycles. The van der Waals surface area contributed by atoms with Crippen molar-refractivity contribution < 1.29 is 13.9 Å². The summed E-state index contributed by atoms with van der Waals surface area (Å²) in [5.41, 5.74) is 0. The zero-order valence-corrected chi connectivity index (χ0v) is 7.11. The van der Waals surface area contributed by atoms with Gasteiger partial charge in [0.2, 0.25) is 0 Å². The highest BCUT2D eigenvalue weighted by atomic mass is 32.3. The molecule has 0 bridgehead atoms. The first-order valence-electron chi connectivity index (χ1n) is 3.04. The van der Waals surface area contributed by atoms with Crippen LogP contribution in [0.3, 0.4) is 0 Å². The molecule has 0 amide bonds. The standard InChI is InChI=1S/C6H7NO4S/c1-11-6(8)12(7(9)10)4-2-3-5-12/h2-5H,1H3. The van der Waals surface area contributed by atoms with Crippen LogP contribution in [-0.2, 0) is 4.74 Å². The summed E-state index contributed by atoms with van der Waals surface area (Å²) in [6, 6.07) is 0. The van der Waals surface area contributed by atoms with Crippen molar-refractivity contribution in [3.63, 3.8) is 0 Å². The molecule has 0 unspecified atom stereocenters. The van der Waals surface area contributed by atoms with E-state index in [0.29, 0.717) is 0 Å². The number of carbonyl (C=O) groups excluding carboxylic acids is 1. The van der Waals surface area contributed by atoms with Crippen LogP contribution in [0, 0.1) is 10.1 Å². The van der Waals surface area contributed by atoms with Gasteiger partial charge >= 0.3 is 5.30 Å². The second-order valence-corrected chi connectivity index (χ2v) is 4.53. The first-order chi connectivity index (χ1) is 5.63. The summed E-state index contributed by atoms with van der Waals surface area (Å²) < 4.78 is 3.75. The molecule has 1 heterocycles. The molecule has 0 saturated heterocycles. The lowest BCUT2D eigenvalue weighted by Crippen LogP contribution is -2.14. The van der Waals surface area contributed by atoms with Gasteiger partial charge < -0.3 is 4.74 Å². The first-order valence-corrected chi connectivity index (χ1v) is 4.76. The summed E-state index contributed by atoms with van der Waals surface area (Å²) in [4.78, 5) is 21.6. The van der Waals surface area contributed by atoms with Gasteiger partial charge in [0.25, 0.3) is 0 Å². The zero-order chi connectivity index (χ0) is 9.19. The number of rotatable bonds is 1. The van der Waals surface area contributed by atoms with Crippen LogP contribution < -0.4 is 0 Å². The molecule has 1 rings (SSSR count). The quantitative estimate of drug-likeness (QED) is 0.358. The van der Waals surface area contributed by atoms with E-state index in [1.807, 2.05) is 0 Å². The Morgan fingerprint density at radius 3 is 2.33 bits per heavy atom. The summed E-state index contributed by atoms with van der Waals surface area (Å²) in [7, 11) is -1.57. The number of ether oxygens (including phenoxy) is 1. The third-order valence-electron chi connectivity index (χ3n) is 1.36. The van der Waals surface area contributed by atoms with Crippen molar-refractivity contribution in [1.29, 1.82) is 0 Å². The average molecular weight is 189 g/mol. The molecule has 6 heteroatoms. The van der Waals surface area contributed by atoms with E-state index >= 15 is 0 Å². The number of carbonyl (C=O) groups is 1. The number of hydrogen-bond donors (Lipinski definition) is 0. The smallest absolute Gasteiger partial charge is 0.418 e. The summed E-state index contributed by atoms with van der Waals surface area (Å²) in [6.45, 7) is 0. The van der Waals surface area contributed by atoms with Gasteiger partial charge in [0.05, 0.1) is 11.4 Å². The van der Waals surface area contributed by atoms with E-state index in [0.717, 1.165) is 7.11 Å². The van der Waals surface area contributed by atoms with Crippen LogP contribution in [0.5, 0.6) is 0 Å². The second-order valence-electron chi connectivity index (χ2n) is 2.01. The second kappa shape index (κ2) is 2.98. The SMILES string of the molecule is COC(=O)S1([N+](=O)[O-])C=CC=C1. The Kier molecular flexibility index (Phi) is 2.18. The van der Waals surface area contributed by atoms with Crippen LogP contribution >= 0.6 is 10.2 Å². The minimum Gasteiger partial charge on any atom is -0.458 e. The van der Waals surface area contributed by atoms with Crippen LogP contribution in [0.25, 0.3) is 0 Å². The average Bonchev–Trinajstić information content (AvgIpc) is 2.52. The van der Waals surface area contributed by atoms with E-state index in [2.05, 4.69) is 4.74 Å². The van der Waals surface area contributed by atoms with Crippen molar-refractivity contribution in [2.75, 3.05) is 7.11 Å². The van der Waals surface area contributed by atoms with Gasteiger partial charge in [-0.15, -0.1) is 0 Å². The molecular formula is C6H7NO4S. The highest BCUT2D eigenvalue weighted by Crippen LogP contribution is 2.55. The monoisotopic (exact) mass is 189 g/mol. The van der Waals surface area contributed by atoms with Gasteiger partial charge in [0.15, 0.2) is 10.2 Å². The predicted molar refractivity (Wildman–Crippen MR) is 45.3 cm³/mol. The normalized spacial score (nSPS) is 20.4. The summed E-state index contributed by atoms with van der Waals surface area (Å²) in [5.74, 6) is 0. The van der Waals surface area contributed by atoms with Gasteiger partial charge in [0, 0.05) is 10.8 Å². The van der Waals surface area contributed by atoms with Crippen LogP contribution in [0.2, 0.25) is 0 Å². The molecule has 0 N–H and O–H groups in total. The topological polar surface area (TPSA) is 69.4 Å². The molecule has 0 fully saturated rings. The van der Waals surface area contributed by atoms with Crippen molar-refractivity contribution >= 4 is 15.5 Å². The van der Waals surface area contributed by atoms with Crippen LogP contribution in [-0.4, -0.2) is 16.7 Å². The highest BCUT2D eigenvalue weighted by molar-refractivity contribution is 8.44. The van der Waals surface area contributed by atoms with Crippen molar-refractivity contribution in [1.82, 2.24) is 0 Å². The molecule has 12 heavy (non-hydrogen) atoms. The Morgan fingerprint density at radius 2 is 2.00 bits per heavy atom. The fraction of sp³-hybridized carbons (Fsp3) is 0.167. The molecular weight excluding hydrogens is 182 g/mol. The van der Waals surface area contributed by atoms with Gasteiger partial charge in [-0.05, 0) is 0 Å².